The summed E-state index contributed by atoms with van der Waals surface area (Å²) in [6.45, 7) is 1.93. The topological polar surface area (TPSA) is 46.2 Å². The number of fused-ring (bicyclic) bond motifs is 1. The van der Waals surface area contributed by atoms with Gasteiger partial charge in [-0.15, -0.1) is 0 Å². The van der Waals surface area contributed by atoms with E-state index in [0.29, 0.717) is 5.69 Å². The minimum absolute atomic E-state index is 0.253. The molecule has 0 radical (unpaired) electrons. The molecule has 0 spiro atoms. The van der Waals surface area contributed by atoms with Crippen molar-refractivity contribution in [2.24, 2.45) is 0 Å². The number of anilines is 1. The minimum Gasteiger partial charge on any atom is -0.280 e. The van der Waals surface area contributed by atoms with Gasteiger partial charge in [-0.25, -0.2) is 8.42 Å². The Labute approximate surface area is 159 Å². The predicted molar refractivity (Wildman–Crippen MR) is 111 cm³/mol. The Kier molecular flexibility index (Phi) is 4.42. The number of sulfonamides is 1. The zero-order chi connectivity index (χ0) is 18.9. The zero-order valence-electron chi connectivity index (χ0n) is 14.9. The van der Waals surface area contributed by atoms with Crippen LogP contribution in [0, 0.1) is 6.92 Å². The zero-order valence-corrected chi connectivity index (χ0v) is 15.7. The van der Waals surface area contributed by atoms with E-state index in [2.05, 4.69) is 29.0 Å². The third-order valence-electron chi connectivity index (χ3n) is 4.55. The third kappa shape index (κ3) is 3.57. The van der Waals surface area contributed by atoms with Gasteiger partial charge < -0.3 is 0 Å². The SMILES string of the molecule is Cc1ccc(S(=O)(=O)Nc2cccc(-c3cccc4ccccc34)c2)cc1. The fraction of sp³-hybridized carbons (Fsp3) is 0.0435. The van der Waals surface area contributed by atoms with Gasteiger partial charge in [0.25, 0.3) is 10.0 Å². The lowest BCUT2D eigenvalue weighted by Gasteiger charge is -2.11. The van der Waals surface area contributed by atoms with Crippen LogP contribution in [-0.2, 0) is 10.0 Å². The summed E-state index contributed by atoms with van der Waals surface area (Å²) in [6.07, 6.45) is 0. The molecule has 0 saturated carbocycles. The van der Waals surface area contributed by atoms with Crippen molar-refractivity contribution in [1.82, 2.24) is 0 Å². The van der Waals surface area contributed by atoms with E-state index in [0.717, 1.165) is 27.5 Å². The van der Waals surface area contributed by atoms with Crippen LogP contribution in [0.2, 0.25) is 0 Å². The first-order valence-corrected chi connectivity index (χ1v) is 10.2. The van der Waals surface area contributed by atoms with Gasteiger partial charge in [0.15, 0.2) is 0 Å². The summed E-state index contributed by atoms with van der Waals surface area (Å²) in [5.41, 5.74) is 3.60. The smallest absolute Gasteiger partial charge is 0.261 e. The average molecular weight is 373 g/mol. The summed E-state index contributed by atoms with van der Waals surface area (Å²) in [5.74, 6) is 0. The van der Waals surface area contributed by atoms with Gasteiger partial charge in [-0.1, -0.05) is 72.3 Å². The van der Waals surface area contributed by atoms with Crippen LogP contribution in [0.15, 0.2) is 95.9 Å². The highest BCUT2D eigenvalue weighted by molar-refractivity contribution is 7.92. The van der Waals surface area contributed by atoms with Crippen LogP contribution in [0.4, 0.5) is 5.69 Å². The summed E-state index contributed by atoms with van der Waals surface area (Å²) in [6, 6.07) is 28.6. The number of benzene rings is 4. The highest BCUT2D eigenvalue weighted by atomic mass is 32.2. The van der Waals surface area contributed by atoms with Crippen molar-refractivity contribution in [3.63, 3.8) is 0 Å². The first kappa shape index (κ1) is 17.3. The molecule has 0 atom stereocenters. The summed E-state index contributed by atoms with van der Waals surface area (Å²) in [5, 5.41) is 2.29. The van der Waals surface area contributed by atoms with Gasteiger partial charge in [-0.05, 0) is 53.1 Å². The van der Waals surface area contributed by atoms with Crippen LogP contribution in [0.1, 0.15) is 5.56 Å². The highest BCUT2D eigenvalue weighted by Gasteiger charge is 2.14. The van der Waals surface area contributed by atoms with E-state index in [1.807, 2.05) is 43.3 Å². The van der Waals surface area contributed by atoms with Crippen molar-refractivity contribution < 1.29 is 8.42 Å². The Morgan fingerprint density at radius 1 is 0.741 bits per heavy atom. The van der Waals surface area contributed by atoms with Crippen molar-refractivity contribution in [2.75, 3.05) is 4.72 Å². The monoisotopic (exact) mass is 373 g/mol. The molecule has 0 aliphatic carbocycles. The van der Waals surface area contributed by atoms with E-state index >= 15 is 0 Å². The molecule has 0 aliphatic heterocycles. The van der Waals surface area contributed by atoms with Gasteiger partial charge in [-0.3, -0.25) is 4.72 Å². The largest absolute Gasteiger partial charge is 0.280 e. The van der Waals surface area contributed by atoms with Gasteiger partial charge in [0.2, 0.25) is 0 Å². The molecule has 4 aromatic carbocycles. The molecule has 1 N–H and O–H groups in total. The summed E-state index contributed by atoms with van der Waals surface area (Å²) in [4.78, 5) is 0.253. The van der Waals surface area contributed by atoms with Crippen molar-refractivity contribution >= 4 is 26.5 Å². The van der Waals surface area contributed by atoms with Crippen LogP contribution in [0.5, 0.6) is 0 Å². The quantitative estimate of drug-likeness (QED) is 0.505. The Bertz CT molecular complexity index is 1210. The second-order valence-electron chi connectivity index (χ2n) is 6.53. The molecular formula is C23H19NO2S. The minimum atomic E-state index is -3.62. The van der Waals surface area contributed by atoms with E-state index in [1.54, 1.807) is 30.3 Å². The number of nitrogens with one attached hydrogen (secondary N) is 1. The molecule has 0 heterocycles. The molecule has 27 heavy (non-hydrogen) atoms. The molecular weight excluding hydrogens is 354 g/mol. The summed E-state index contributed by atoms with van der Waals surface area (Å²) < 4.78 is 28.0. The van der Waals surface area contributed by atoms with Crippen LogP contribution in [0.3, 0.4) is 0 Å². The molecule has 0 aliphatic rings. The Morgan fingerprint density at radius 3 is 2.26 bits per heavy atom. The molecule has 4 aromatic rings. The lowest BCUT2D eigenvalue weighted by Crippen LogP contribution is -2.12. The molecule has 4 rings (SSSR count). The molecule has 0 amide bonds. The van der Waals surface area contributed by atoms with E-state index in [-0.39, 0.29) is 4.90 Å². The normalized spacial score (nSPS) is 11.4. The predicted octanol–water partition coefficient (Wildman–Crippen LogP) is 5.62. The number of aryl methyl sites for hydroxylation is 1. The highest BCUT2D eigenvalue weighted by Crippen LogP contribution is 2.30. The lowest BCUT2D eigenvalue weighted by molar-refractivity contribution is 0.601. The molecule has 4 heteroatoms. The van der Waals surface area contributed by atoms with Crippen molar-refractivity contribution in [3.8, 4) is 11.1 Å². The van der Waals surface area contributed by atoms with E-state index in [4.69, 9.17) is 0 Å². The Morgan fingerprint density at radius 2 is 1.44 bits per heavy atom. The second kappa shape index (κ2) is 6.89. The molecule has 3 nitrogen and oxygen atoms in total. The van der Waals surface area contributed by atoms with Crippen LogP contribution >= 0.6 is 0 Å². The van der Waals surface area contributed by atoms with Crippen LogP contribution in [-0.4, -0.2) is 8.42 Å². The standard InChI is InChI=1S/C23H19NO2S/c1-17-12-14-21(15-13-17)27(25,26)24-20-9-4-8-19(16-20)23-11-5-7-18-6-2-3-10-22(18)23/h2-16,24H,1H3. The van der Waals surface area contributed by atoms with Gasteiger partial charge in [0.1, 0.15) is 0 Å². The van der Waals surface area contributed by atoms with Crippen LogP contribution < -0.4 is 4.72 Å². The maximum Gasteiger partial charge on any atom is 0.261 e. The maximum atomic E-state index is 12.7. The van der Waals surface area contributed by atoms with E-state index < -0.39 is 10.0 Å². The molecule has 0 unspecified atom stereocenters. The van der Waals surface area contributed by atoms with Gasteiger partial charge in [0, 0.05) is 5.69 Å². The van der Waals surface area contributed by atoms with Crippen molar-refractivity contribution in [3.05, 3.63) is 96.6 Å². The van der Waals surface area contributed by atoms with Crippen molar-refractivity contribution in [1.29, 1.82) is 0 Å². The summed E-state index contributed by atoms with van der Waals surface area (Å²) in [7, 11) is -3.62. The van der Waals surface area contributed by atoms with Crippen LogP contribution in [0.25, 0.3) is 21.9 Å². The summed E-state index contributed by atoms with van der Waals surface area (Å²) >= 11 is 0. The molecule has 0 saturated heterocycles. The fourth-order valence-electron chi connectivity index (χ4n) is 3.16. The Hall–Kier alpha value is -3.11. The third-order valence-corrected chi connectivity index (χ3v) is 5.94. The van der Waals surface area contributed by atoms with E-state index in [1.165, 1.54) is 0 Å². The molecule has 0 aromatic heterocycles. The maximum absolute atomic E-state index is 12.7. The van der Waals surface area contributed by atoms with E-state index in [9.17, 15) is 8.42 Å². The lowest BCUT2D eigenvalue weighted by atomic mass is 9.98. The second-order valence-corrected chi connectivity index (χ2v) is 8.21. The molecule has 0 fully saturated rings. The molecule has 0 bridgehead atoms. The number of hydrogen-bond donors (Lipinski definition) is 1. The fourth-order valence-corrected chi connectivity index (χ4v) is 4.21. The first-order valence-electron chi connectivity index (χ1n) is 8.71. The first-order chi connectivity index (χ1) is 13.0. The Balaban J connectivity index is 1.71. The van der Waals surface area contributed by atoms with Crippen molar-refractivity contribution in [2.45, 2.75) is 11.8 Å². The van der Waals surface area contributed by atoms with Gasteiger partial charge >= 0.3 is 0 Å². The number of rotatable bonds is 4. The van der Waals surface area contributed by atoms with Gasteiger partial charge in [0.05, 0.1) is 4.90 Å². The number of hydrogen-bond acceptors (Lipinski definition) is 2. The van der Waals surface area contributed by atoms with Gasteiger partial charge in [-0.2, -0.15) is 0 Å². The molecule has 134 valence electrons. The average Bonchev–Trinajstić information content (AvgIpc) is 2.68.